The van der Waals surface area contributed by atoms with Crippen LogP contribution in [0.3, 0.4) is 0 Å². The van der Waals surface area contributed by atoms with Gasteiger partial charge in [0.25, 0.3) is 15.0 Å². The Balaban J connectivity index is 2.97. The molecule has 0 atom stereocenters. The molecule has 1 aromatic rings. The fraction of sp³-hybridized carbons (Fsp3) is 0.417. The quantitative estimate of drug-likeness (QED) is 0.592. The van der Waals surface area contributed by atoms with Crippen molar-refractivity contribution in [3.63, 3.8) is 0 Å². The van der Waals surface area contributed by atoms with Crippen LogP contribution in [0, 0.1) is 5.82 Å². The molecule has 20 heavy (non-hydrogen) atoms. The maximum Gasteiger partial charge on any atom is 0.261 e. The van der Waals surface area contributed by atoms with Gasteiger partial charge in [0.05, 0.1) is 10.5 Å². The minimum Gasteiger partial charge on any atom is -0.385 e. The van der Waals surface area contributed by atoms with Crippen LogP contribution in [0.4, 0.5) is 4.39 Å². The number of ether oxygens (including phenoxy) is 1. The highest BCUT2D eigenvalue weighted by molar-refractivity contribution is 8.13. The number of hydrogen-bond donors (Lipinski definition) is 0. The monoisotopic (exact) mass is 323 g/mol. The number of methoxy groups -OCH3 is 1. The predicted octanol–water partition coefficient (Wildman–Crippen LogP) is 1.86. The Morgan fingerprint density at radius 2 is 2.10 bits per heavy atom. The molecule has 1 amide bonds. The highest BCUT2D eigenvalue weighted by Gasteiger charge is 2.20. The van der Waals surface area contributed by atoms with Crippen LogP contribution in [0.2, 0.25) is 0 Å². The van der Waals surface area contributed by atoms with Gasteiger partial charge < -0.3 is 9.64 Å². The number of carbonyl (C=O) groups excluding carboxylic acids is 1. The lowest BCUT2D eigenvalue weighted by Gasteiger charge is -2.17. The lowest BCUT2D eigenvalue weighted by molar-refractivity contribution is 0.0774. The third-order valence-corrected chi connectivity index (χ3v) is 3.99. The molecule has 0 aliphatic carbocycles. The van der Waals surface area contributed by atoms with Gasteiger partial charge in [0.2, 0.25) is 0 Å². The summed E-state index contributed by atoms with van der Waals surface area (Å²) in [5, 5.41) is 0. The zero-order valence-electron chi connectivity index (χ0n) is 11.1. The number of carbonyl (C=O) groups is 1. The summed E-state index contributed by atoms with van der Waals surface area (Å²) in [5.74, 6) is -1.40. The highest BCUT2D eigenvalue weighted by atomic mass is 35.7. The highest BCUT2D eigenvalue weighted by Crippen LogP contribution is 2.19. The van der Waals surface area contributed by atoms with Crippen molar-refractivity contribution >= 4 is 25.6 Å². The predicted molar refractivity (Wildman–Crippen MR) is 72.9 cm³/mol. The zero-order chi connectivity index (χ0) is 15.3. The zero-order valence-corrected chi connectivity index (χ0v) is 12.7. The smallest absolute Gasteiger partial charge is 0.261 e. The molecule has 0 N–H and O–H groups in total. The number of rotatable bonds is 6. The summed E-state index contributed by atoms with van der Waals surface area (Å²) >= 11 is 0. The van der Waals surface area contributed by atoms with Crippen molar-refractivity contribution in [1.29, 1.82) is 0 Å². The van der Waals surface area contributed by atoms with E-state index in [1.165, 1.54) is 19.1 Å². The topological polar surface area (TPSA) is 63.7 Å². The van der Waals surface area contributed by atoms with Gasteiger partial charge >= 0.3 is 0 Å². The van der Waals surface area contributed by atoms with E-state index in [1.807, 2.05) is 0 Å². The molecule has 5 nitrogen and oxygen atoms in total. The van der Waals surface area contributed by atoms with Gasteiger partial charge in [0.1, 0.15) is 5.82 Å². The van der Waals surface area contributed by atoms with Crippen LogP contribution in [-0.4, -0.2) is 46.5 Å². The van der Waals surface area contributed by atoms with Crippen molar-refractivity contribution in [3.05, 3.63) is 29.6 Å². The van der Waals surface area contributed by atoms with Crippen molar-refractivity contribution in [1.82, 2.24) is 4.90 Å². The molecule has 0 saturated heterocycles. The molecule has 0 heterocycles. The van der Waals surface area contributed by atoms with Crippen LogP contribution < -0.4 is 0 Å². The summed E-state index contributed by atoms with van der Waals surface area (Å²) in [5.41, 5.74) is -0.327. The molecule has 0 fully saturated rings. The summed E-state index contributed by atoms with van der Waals surface area (Å²) < 4.78 is 40.9. The molecule has 0 aromatic heterocycles. The summed E-state index contributed by atoms with van der Waals surface area (Å²) in [4.78, 5) is 13.0. The Bertz CT molecular complexity index is 591. The summed E-state index contributed by atoms with van der Waals surface area (Å²) in [7, 11) is 4.21. The average molecular weight is 324 g/mol. The first-order valence-electron chi connectivity index (χ1n) is 5.76. The van der Waals surface area contributed by atoms with E-state index >= 15 is 0 Å². The standard InChI is InChI=1S/C12H15ClFNO4S/c1-15(6-3-7-19-2)12(16)10-8-9(20(13,17)18)4-5-11(10)14/h4-5,8H,3,6-7H2,1-2H3. The van der Waals surface area contributed by atoms with Gasteiger partial charge in [0.15, 0.2) is 0 Å². The molecule has 0 bridgehead atoms. The van der Waals surface area contributed by atoms with Gasteiger partial charge in [-0.05, 0) is 24.6 Å². The molecule has 0 radical (unpaired) electrons. The van der Waals surface area contributed by atoms with Gasteiger partial charge in [0, 0.05) is 38.0 Å². The van der Waals surface area contributed by atoms with Crippen molar-refractivity contribution in [3.8, 4) is 0 Å². The SMILES string of the molecule is COCCCN(C)C(=O)c1cc(S(=O)(=O)Cl)ccc1F. The van der Waals surface area contributed by atoms with Gasteiger partial charge in [-0.1, -0.05) is 0 Å². The summed E-state index contributed by atoms with van der Waals surface area (Å²) in [6.07, 6.45) is 0.591. The molecule has 0 saturated carbocycles. The van der Waals surface area contributed by atoms with Crippen LogP contribution in [0.5, 0.6) is 0 Å². The number of hydrogen-bond acceptors (Lipinski definition) is 4. The van der Waals surface area contributed by atoms with Gasteiger partial charge in [-0.15, -0.1) is 0 Å². The third kappa shape index (κ3) is 4.43. The molecule has 0 aliphatic heterocycles. The normalized spacial score (nSPS) is 11.4. The van der Waals surface area contributed by atoms with Crippen molar-refractivity contribution in [2.24, 2.45) is 0 Å². The van der Waals surface area contributed by atoms with Gasteiger partial charge in [-0.2, -0.15) is 0 Å². The van der Waals surface area contributed by atoms with E-state index < -0.39 is 20.8 Å². The van der Waals surface area contributed by atoms with Crippen LogP contribution >= 0.6 is 10.7 Å². The fourth-order valence-electron chi connectivity index (χ4n) is 1.57. The molecule has 0 aliphatic rings. The Morgan fingerprint density at radius 3 is 2.65 bits per heavy atom. The molecule has 112 valence electrons. The van der Waals surface area contributed by atoms with Crippen LogP contribution in [0.25, 0.3) is 0 Å². The lowest BCUT2D eigenvalue weighted by atomic mass is 10.2. The molecule has 1 aromatic carbocycles. The van der Waals surface area contributed by atoms with Crippen LogP contribution in [-0.2, 0) is 13.8 Å². The average Bonchev–Trinajstić information content (AvgIpc) is 2.37. The Hall–Kier alpha value is -1.18. The summed E-state index contributed by atoms with van der Waals surface area (Å²) in [6, 6.07) is 2.86. The van der Waals surface area contributed by atoms with E-state index in [9.17, 15) is 17.6 Å². The lowest BCUT2D eigenvalue weighted by Crippen LogP contribution is -2.29. The fourth-order valence-corrected chi connectivity index (χ4v) is 2.35. The second-order valence-corrected chi connectivity index (χ2v) is 6.72. The Kier molecular flexibility index (Phi) is 5.91. The molecule has 8 heteroatoms. The van der Waals surface area contributed by atoms with E-state index in [4.69, 9.17) is 15.4 Å². The summed E-state index contributed by atoms with van der Waals surface area (Å²) in [6.45, 7) is 0.833. The molecule has 0 spiro atoms. The molecular weight excluding hydrogens is 309 g/mol. The first kappa shape index (κ1) is 16.9. The minimum atomic E-state index is -4.01. The largest absolute Gasteiger partial charge is 0.385 e. The second kappa shape index (κ2) is 7.01. The number of halogens is 2. The van der Waals surface area contributed by atoms with Crippen LogP contribution in [0.15, 0.2) is 23.1 Å². The van der Waals surface area contributed by atoms with E-state index in [1.54, 1.807) is 0 Å². The van der Waals surface area contributed by atoms with E-state index in [0.717, 1.165) is 18.2 Å². The maximum absolute atomic E-state index is 13.6. The second-order valence-electron chi connectivity index (χ2n) is 4.15. The minimum absolute atomic E-state index is 0.311. The van der Waals surface area contributed by atoms with E-state index in [-0.39, 0.29) is 10.5 Å². The maximum atomic E-state index is 13.6. The third-order valence-electron chi connectivity index (χ3n) is 2.64. The number of amides is 1. The Labute approximate surface area is 121 Å². The van der Waals surface area contributed by atoms with Gasteiger partial charge in [-0.3, -0.25) is 4.79 Å². The first-order chi connectivity index (χ1) is 9.27. The number of nitrogens with zero attached hydrogens (tertiary/aromatic N) is 1. The first-order valence-corrected chi connectivity index (χ1v) is 8.07. The molecule has 1 rings (SSSR count). The Morgan fingerprint density at radius 1 is 1.45 bits per heavy atom. The van der Waals surface area contributed by atoms with Gasteiger partial charge in [-0.25, -0.2) is 12.8 Å². The van der Waals surface area contributed by atoms with Crippen molar-refractivity contribution in [2.45, 2.75) is 11.3 Å². The molecular formula is C12H15ClFNO4S. The van der Waals surface area contributed by atoms with Crippen molar-refractivity contribution < 1.29 is 22.3 Å². The van der Waals surface area contributed by atoms with Crippen LogP contribution in [0.1, 0.15) is 16.8 Å². The van der Waals surface area contributed by atoms with E-state index in [0.29, 0.717) is 19.6 Å². The van der Waals surface area contributed by atoms with E-state index in [2.05, 4.69) is 0 Å². The van der Waals surface area contributed by atoms with Crippen molar-refractivity contribution in [2.75, 3.05) is 27.3 Å². The molecule has 0 unspecified atom stereocenters. The number of benzene rings is 1.